The molecule has 0 amide bonds. The Kier molecular flexibility index (Phi) is 5.78. The van der Waals surface area contributed by atoms with Crippen LogP contribution in [0.2, 0.25) is 0 Å². The van der Waals surface area contributed by atoms with Crippen molar-refractivity contribution < 1.29 is 23.0 Å². The van der Waals surface area contributed by atoms with Crippen molar-refractivity contribution >= 4 is 25.8 Å². The van der Waals surface area contributed by atoms with Crippen molar-refractivity contribution in [1.29, 1.82) is 0 Å². The average molecular weight is 433 g/mol. The van der Waals surface area contributed by atoms with E-state index in [1.54, 1.807) is 12.1 Å². The zero-order chi connectivity index (χ0) is 18.2. The van der Waals surface area contributed by atoms with Crippen LogP contribution in [0, 0.1) is 11.8 Å². The third-order valence-corrected chi connectivity index (χ3v) is 8.55. The highest BCUT2D eigenvalue weighted by molar-refractivity contribution is 9.10. The van der Waals surface area contributed by atoms with Crippen LogP contribution < -0.4 is 4.74 Å². The third-order valence-electron chi connectivity index (χ3n) is 5.71. The first-order valence-electron chi connectivity index (χ1n) is 8.65. The Morgan fingerprint density at radius 3 is 2.44 bits per heavy atom. The van der Waals surface area contributed by atoms with Crippen molar-refractivity contribution in [2.45, 2.75) is 49.4 Å². The smallest absolute Gasteiger partial charge is 0.184 e. The molecular formula is C18H25BrO5S. The van der Waals surface area contributed by atoms with Crippen LogP contribution in [0.15, 0.2) is 16.6 Å². The number of rotatable bonds is 6. The number of hydrogen-bond acceptors (Lipinski definition) is 5. The van der Waals surface area contributed by atoms with E-state index in [1.807, 2.05) is 0 Å². The number of aliphatic hydroxyl groups excluding tert-OH is 1. The van der Waals surface area contributed by atoms with Gasteiger partial charge in [0.15, 0.2) is 16.1 Å². The van der Waals surface area contributed by atoms with E-state index >= 15 is 0 Å². The fourth-order valence-electron chi connectivity index (χ4n) is 4.42. The van der Waals surface area contributed by atoms with Crippen LogP contribution >= 0.6 is 15.9 Å². The van der Waals surface area contributed by atoms with E-state index in [0.29, 0.717) is 27.3 Å². The van der Waals surface area contributed by atoms with Gasteiger partial charge in [-0.25, -0.2) is 8.42 Å². The predicted molar refractivity (Wildman–Crippen MR) is 99.1 cm³/mol. The zero-order valence-electron chi connectivity index (χ0n) is 14.6. The minimum atomic E-state index is -3.31. The SMILES string of the molecule is COc1c(Br)ccc(CS(=O)(=O)C2CC3CCC2CC3)c1C(O)OC. The van der Waals surface area contributed by atoms with Gasteiger partial charge in [-0.15, -0.1) is 0 Å². The minimum Gasteiger partial charge on any atom is -0.495 e. The fourth-order valence-corrected chi connectivity index (χ4v) is 7.25. The lowest BCUT2D eigenvalue weighted by Crippen LogP contribution is -2.41. The normalized spacial score (nSPS) is 27.3. The molecule has 3 saturated carbocycles. The summed E-state index contributed by atoms with van der Waals surface area (Å²) >= 11 is 3.38. The van der Waals surface area contributed by atoms with Gasteiger partial charge in [0, 0.05) is 7.11 Å². The summed E-state index contributed by atoms with van der Waals surface area (Å²) in [6.45, 7) is 0. The molecule has 7 heteroatoms. The first kappa shape index (κ1) is 19.1. The van der Waals surface area contributed by atoms with Crippen LogP contribution in [-0.2, 0) is 20.3 Å². The van der Waals surface area contributed by atoms with Crippen molar-refractivity contribution in [1.82, 2.24) is 0 Å². The highest BCUT2D eigenvalue weighted by Gasteiger charge is 2.42. The molecule has 0 aliphatic heterocycles. The summed E-state index contributed by atoms with van der Waals surface area (Å²) in [5.74, 6) is 1.14. The van der Waals surface area contributed by atoms with Gasteiger partial charge >= 0.3 is 0 Å². The molecule has 3 aliphatic rings. The molecule has 0 aromatic heterocycles. The summed E-state index contributed by atoms with van der Waals surface area (Å²) in [5.41, 5.74) is 0.916. The Balaban J connectivity index is 1.94. The molecule has 2 bridgehead atoms. The van der Waals surface area contributed by atoms with Gasteiger partial charge in [0.1, 0.15) is 5.75 Å². The van der Waals surface area contributed by atoms with E-state index in [-0.39, 0.29) is 16.9 Å². The number of sulfone groups is 1. The van der Waals surface area contributed by atoms with Crippen LogP contribution in [-0.4, -0.2) is 33.0 Å². The van der Waals surface area contributed by atoms with Gasteiger partial charge < -0.3 is 14.6 Å². The summed E-state index contributed by atoms with van der Waals surface area (Å²) in [6, 6.07) is 3.48. The summed E-state index contributed by atoms with van der Waals surface area (Å²) in [4.78, 5) is 0. The molecule has 1 aromatic rings. The first-order valence-corrected chi connectivity index (χ1v) is 11.2. The third kappa shape index (κ3) is 3.75. The van der Waals surface area contributed by atoms with E-state index < -0.39 is 16.1 Å². The number of ether oxygens (including phenoxy) is 2. The summed E-state index contributed by atoms with van der Waals surface area (Å²) in [6.07, 6.45) is 3.91. The largest absolute Gasteiger partial charge is 0.495 e. The summed E-state index contributed by atoms with van der Waals surface area (Å²) in [5, 5.41) is 9.98. The highest BCUT2D eigenvalue weighted by Crippen LogP contribution is 2.45. The lowest BCUT2D eigenvalue weighted by atomic mass is 9.70. The zero-order valence-corrected chi connectivity index (χ0v) is 17.0. The van der Waals surface area contributed by atoms with Gasteiger partial charge in [-0.3, -0.25) is 0 Å². The molecule has 140 valence electrons. The molecule has 2 unspecified atom stereocenters. The van der Waals surface area contributed by atoms with Crippen molar-refractivity contribution in [3.63, 3.8) is 0 Å². The number of fused-ring (bicyclic) bond motifs is 3. The second-order valence-corrected chi connectivity index (χ2v) is 10.2. The molecule has 1 aromatic carbocycles. The number of benzene rings is 1. The predicted octanol–water partition coefficient (Wildman–Crippen LogP) is 3.59. The molecule has 0 radical (unpaired) electrons. The van der Waals surface area contributed by atoms with Crippen molar-refractivity contribution in [2.24, 2.45) is 11.8 Å². The molecule has 3 aliphatic carbocycles. The van der Waals surface area contributed by atoms with Gasteiger partial charge in [-0.1, -0.05) is 18.9 Å². The second-order valence-electron chi connectivity index (χ2n) is 7.10. The molecule has 0 heterocycles. The number of hydrogen-bond donors (Lipinski definition) is 1. The Labute approximate surface area is 157 Å². The maximum absolute atomic E-state index is 13.1. The molecule has 0 spiro atoms. The number of aliphatic hydroxyl groups is 1. The second kappa shape index (κ2) is 7.55. The van der Waals surface area contributed by atoms with E-state index in [9.17, 15) is 13.5 Å². The molecule has 2 atom stereocenters. The Bertz CT molecular complexity index is 725. The lowest BCUT2D eigenvalue weighted by molar-refractivity contribution is -0.0785. The van der Waals surface area contributed by atoms with Crippen LogP contribution in [0.3, 0.4) is 0 Å². The van der Waals surface area contributed by atoms with Gasteiger partial charge in [0.25, 0.3) is 0 Å². The Morgan fingerprint density at radius 2 is 1.92 bits per heavy atom. The van der Waals surface area contributed by atoms with E-state index in [0.717, 1.165) is 32.1 Å². The summed E-state index contributed by atoms with van der Waals surface area (Å²) < 4.78 is 37.3. The van der Waals surface area contributed by atoms with Gasteiger partial charge in [-0.05, 0) is 58.7 Å². The molecular weight excluding hydrogens is 408 g/mol. The topological polar surface area (TPSA) is 72.8 Å². The van der Waals surface area contributed by atoms with Gasteiger partial charge in [0.05, 0.1) is 28.1 Å². The standard InChI is InChI=1S/C18H25BrO5S/c1-23-17-14(19)8-7-13(16(17)18(20)24-2)10-25(21,22)15-9-11-3-5-12(15)6-4-11/h7-8,11-12,15,18,20H,3-6,9-10H2,1-2H3. The monoisotopic (exact) mass is 432 g/mol. The maximum atomic E-state index is 13.1. The highest BCUT2D eigenvalue weighted by atomic mass is 79.9. The van der Waals surface area contributed by atoms with Gasteiger partial charge in [-0.2, -0.15) is 0 Å². The van der Waals surface area contributed by atoms with Crippen molar-refractivity contribution in [3.05, 3.63) is 27.7 Å². The Hall–Kier alpha value is -0.630. The summed E-state index contributed by atoms with van der Waals surface area (Å²) in [7, 11) is -0.438. The fraction of sp³-hybridized carbons (Fsp3) is 0.667. The lowest BCUT2D eigenvalue weighted by Gasteiger charge is -2.41. The number of methoxy groups -OCH3 is 2. The van der Waals surface area contributed by atoms with Crippen LogP contribution in [0.25, 0.3) is 0 Å². The maximum Gasteiger partial charge on any atom is 0.184 e. The number of halogens is 1. The van der Waals surface area contributed by atoms with Crippen molar-refractivity contribution in [2.75, 3.05) is 14.2 Å². The molecule has 4 rings (SSSR count). The van der Waals surface area contributed by atoms with E-state index in [2.05, 4.69) is 15.9 Å². The minimum absolute atomic E-state index is 0.0969. The van der Waals surface area contributed by atoms with E-state index in [4.69, 9.17) is 9.47 Å². The van der Waals surface area contributed by atoms with Gasteiger partial charge in [0.2, 0.25) is 0 Å². The molecule has 1 N–H and O–H groups in total. The Morgan fingerprint density at radius 1 is 1.24 bits per heavy atom. The molecule has 25 heavy (non-hydrogen) atoms. The van der Waals surface area contributed by atoms with Crippen LogP contribution in [0.5, 0.6) is 5.75 Å². The van der Waals surface area contributed by atoms with Crippen LogP contribution in [0.4, 0.5) is 0 Å². The molecule has 3 fully saturated rings. The van der Waals surface area contributed by atoms with Crippen molar-refractivity contribution in [3.8, 4) is 5.75 Å². The first-order chi connectivity index (χ1) is 11.9. The average Bonchev–Trinajstić information content (AvgIpc) is 2.63. The molecule has 5 nitrogen and oxygen atoms in total. The van der Waals surface area contributed by atoms with E-state index in [1.165, 1.54) is 14.2 Å². The quantitative estimate of drug-likeness (QED) is 0.695. The van der Waals surface area contributed by atoms with Crippen LogP contribution in [0.1, 0.15) is 49.5 Å². The molecule has 0 saturated heterocycles.